The Hall–Kier alpha value is -2.94. The minimum absolute atomic E-state index is 0.254. The zero-order valence-electron chi connectivity index (χ0n) is 18.7. The average Bonchev–Trinajstić information content (AvgIpc) is 3.51. The molecular weight excluding hydrogens is 409 g/mol. The van der Waals surface area contributed by atoms with Crippen LogP contribution < -0.4 is 5.32 Å². The molecule has 2 fully saturated rings. The molecule has 1 N–H and O–H groups in total. The number of guanidine groups is 1. The predicted octanol–water partition coefficient (Wildman–Crippen LogP) is 1.37. The molecule has 2 saturated heterocycles. The highest BCUT2D eigenvalue weighted by Gasteiger charge is 2.24. The first-order valence-corrected chi connectivity index (χ1v) is 11.4. The number of aromatic nitrogens is 2. The molecule has 1 aromatic heterocycles. The van der Waals surface area contributed by atoms with Crippen molar-refractivity contribution in [3.8, 4) is 5.69 Å². The van der Waals surface area contributed by atoms with Gasteiger partial charge in [-0.2, -0.15) is 5.10 Å². The van der Waals surface area contributed by atoms with E-state index in [1.54, 1.807) is 23.9 Å². The Bertz CT molecular complexity index is 913. The van der Waals surface area contributed by atoms with Gasteiger partial charge in [0.2, 0.25) is 5.91 Å². The number of piperazine rings is 1. The molecule has 0 aliphatic carbocycles. The molecule has 0 bridgehead atoms. The fourth-order valence-corrected chi connectivity index (χ4v) is 4.24. The highest BCUT2D eigenvalue weighted by atomic mass is 19.1. The molecule has 1 aromatic carbocycles. The summed E-state index contributed by atoms with van der Waals surface area (Å²) in [5.41, 5.74) is 1.80. The quantitative estimate of drug-likeness (QED) is 0.542. The first-order valence-electron chi connectivity index (χ1n) is 11.4. The van der Waals surface area contributed by atoms with Crippen LogP contribution in [0.2, 0.25) is 0 Å². The maximum atomic E-state index is 13.1. The molecular formula is C23H32FN7O. The summed E-state index contributed by atoms with van der Waals surface area (Å²) < 4.78 is 14.9. The number of amides is 1. The van der Waals surface area contributed by atoms with Crippen molar-refractivity contribution in [3.63, 3.8) is 0 Å². The van der Waals surface area contributed by atoms with Gasteiger partial charge >= 0.3 is 0 Å². The Kier molecular flexibility index (Phi) is 7.36. The van der Waals surface area contributed by atoms with Gasteiger partial charge < -0.3 is 15.1 Å². The van der Waals surface area contributed by atoms with Crippen molar-refractivity contribution in [1.29, 1.82) is 0 Å². The van der Waals surface area contributed by atoms with Crippen LogP contribution >= 0.6 is 0 Å². The topological polar surface area (TPSA) is 69.0 Å². The number of halogens is 1. The molecule has 0 saturated carbocycles. The van der Waals surface area contributed by atoms with Gasteiger partial charge in [-0.05, 0) is 43.2 Å². The first kappa shape index (κ1) is 22.3. The predicted molar refractivity (Wildman–Crippen MR) is 122 cm³/mol. The molecule has 1 amide bonds. The Morgan fingerprint density at radius 1 is 1.03 bits per heavy atom. The van der Waals surface area contributed by atoms with Crippen LogP contribution in [0.15, 0.2) is 41.5 Å². The number of aliphatic imine (C=N–C) groups is 1. The molecule has 172 valence electrons. The van der Waals surface area contributed by atoms with E-state index < -0.39 is 0 Å². The van der Waals surface area contributed by atoms with Crippen molar-refractivity contribution in [2.75, 3.05) is 59.4 Å². The Balaban J connectivity index is 1.20. The van der Waals surface area contributed by atoms with Gasteiger partial charge in [-0.15, -0.1) is 0 Å². The van der Waals surface area contributed by atoms with Crippen LogP contribution in [0.1, 0.15) is 18.5 Å². The highest BCUT2D eigenvalue weighted by Crippen LogP contribution is 2.11. The molecule has 0 unspecified atom stereocenters. The Morgan fingerprint density at radius 3 is 2.44 bits per heavy atom. The van der Waals surface area contributed by atoms with E-state index >= 15 is 0 Å². The lowest BCUT2D eigenvalue weighted by molar-refractivity contribution is -0.131. The normalized spacial score (nSPS) is 17.8. The lowest BCUT2D eigenvalue weighted by Gasteiger charge is -2.36. The molecule has 8 nitrogen and oxygen atoms in total. The van der Waals surface area contributed by atoms with Gasteiger partial charge in [0.15, 0.2) is 5.96 Å². The largest absolute Gasteiger partial charge is 0.356 e. The van der Waals surface area contributed by atoms with Crippen LogP contribution in [-0.4, -0.2) is 95.8 Å². The van der Waals surface area contributed by atoms with Crippen molar-refractivity contribution in [1.82, 2.24) is 29.8 Å². The number of rotatable bonds is 6. The minimum atomic E-state index is -0.254. The van der Waals surface area contributed by atoms with E-state index in [9.17, 15) is 9.18 Å². The summed E-state index contributed by atoms with van der Waals surface area (Å²) in [5.74, 6) is 0.891. The van der Waals surface area contributed by atoms with Crippen molar-refractivity contribution in [3.05, 3.63) is 48.0 Å². The number of benzene rings is 1. The smallest absolute Gasteiger partial charge is 0.236 e. The number of hydrogen-bond donors (Lipinski definition) is 1. The maximum Gasteiger partial charge on any atom is 0.236 e. The van der Waals surface area contributed by atoms with E-state index in [1.165, 1.54) is 12.1 Å². The maximum absolute atomic E-state index is 13.1. The molecule has 32 heavy (non-hydrogen) atoms. The van der Waals surface area contributed by atoms with Gasteiger partial charge in [-0.1, -0.05) is 0 Å². The van der Waals surface area contributed by atoms with Crippen LogP contribution in [0.3, 0.4) is 0 Å². The number of hydrogen-bond acceptors (Lipinski definition) is 4. The van der Waals surface area contributed by atoms with Gasteiger partial charge in [0, 0.05) is 65.5 Å². The van der Waals surface area contributed by atoms with Crippen molar-refractivity contribution in [2.45, 2.75) is 19.3 Å². The highest BCUT2D eigenvalue weighted by molar-refractivity contribution is 5.80. The minimum Gasteiger partial charge on any atom is -0.356 e. The molecule has 3 heterocycles. The summed E-state index contributed by atoms with van der Waals surface area (Å²) in [6, 6.07) is 8.27. The lowest BCUT2D eigenvalue weighted by atomic mass is 10.3. The van der Waals surface area contributed by atoms with Crippen LogP contribution in [0.4, 0.5) is 4.39 Å². The van der Waals surface area contributed by atoms with E-state index in [0.717, 1.165) is 82.4 Å². The fraction of sp³-hybridized carbons (Fsp3) is 0.522. The second-order valence-corrected chi connectivity index (χ2v) is 8.30. The summed E-state index contributed by atoms with van der Waals surface area (Å²) in [4.78, 5) is 23.3. The monoisotopic (exact) mass is 441 g/mol. The third-order valence-electron chi connectivity index (χ3n) is 6.10. The van der Waals surface area contributed by atoms with E-state index in [0.29, 0.717) is 6.54 Å². The molecule has 0 radical (unpaired) electrons. The Labute approximate surface area is 188 Å². The standard InChI is InChI=1S/C23H32FN7O/c1-25-23(30-16-14-28(15-17-30)18-22(32)29-11-2-3-12-29)26-10-8-20-9-13-31(27-20)21-6-4-19(24)5-7-21/h4-7,9,13H,2-3,8,10-12,14-18H2,1H3,(H,25,26). The second-order valence-electron chi connectivity index (χ2n) is 8.30. The van der Waals surface area contributed by atoms with Crippen molar-refractivity contribution in [2.24, 2.45) is 4.99 Å². The molecule has 4 rings (SSSR count). The fourth-order valence-electron chi connectivity index (χ4n) is 4.24. The SMILES string of the molecule is CN=C(NCCc1ccn(-c2ccc(F)cc2)n1)N1CCN(CC(=O)N2CCCC2)CC1. The number of carbonyl (C=O) groups excluding carboxylic acids is 1. The van der Waals surface area contributed by atoms with Crippen molar-refractivity contribution >= 4 is 11.9 Å². The average molecular weight is 442 g/mol. The molecule has 2 aliphatic rings. The number of nitrogens with zero attached hydrogens (tertiary/aromatic N) is 6. The second kappa shape index (κ2) is 10.6. The zero-order chi connectivity index (χ0) is 22.3. The lowest BCUT2D eigenvalue weighted by Crippen LogP contribution is -2.54. The van der Waals surface area contributed by atoms with E-state index in [1.807, 2.05) is 17.2 Å². The first-order chi connectivity index (χ1) is 15.6. The molecule has 2 aromatic rings. The van der Waals surface area contributed by atoms with E-state index in [4.69, 9.17) is 0 Å². The van der Waals surface area contributed by atoms with Crippen molar-refractivity contribution < 1.29 is 9.18 Å². The number of nitrogens with one attached hydrogen (secondary N) is 1. The van der Waals surface area contributed by atoms with Crippen LogP contribution in [0, 0.1) is 5.82 Å². The van der Waals surface area contributed by atoms with Gasteiger partial charge in [-0.3, -0.25) is 14.7 Å². The molecule has 9 heteroatoms. The molecule has 2 aliphatic heterocycles. The van der Waals surface area contributed by atoms with E-state index in [2.05, 4.69) is 25.2 Å². The number of likely N-dealkylation sites (tertiary alicyclic amines) is 1. The van der Waals surface area contributed by atoms with Gasteiger partial charge in [0.05, 0.1) is 17.9 Å². The van der Waals surface area contributed by atoms with Gasteiger partial charge in [-0.25, -0.2) is 9.07 Å². The summed E-state index contributed by atoms with van der Waals surface area (Å²) in [5, 5.41) is 8.00. The van der Waals surface area contributed by atoms with E-state index in [-0.39, 0.29) is 11.7 Å². The Morgan fingerprint density at radius 2 is 1.75 bits per heavy atom. The molecule has 0 atom stereocenters. The van der Waals surface area contributed by atoms with Crippen LogP contribution in [0.5, 0.6) is 0 Å². The summed E-state index contributed by atoms with van der Waals surface area (Å²) in [7, 11) is 1.80. The third-order valence-corrected chi connectivity index (χ3v) is 6.10. The molecule has 0 spiro atoms. The third kappa shape index (κ3) is 5.64. The summed E-state index contributed by atoms with van der Waals surface area (Å²) >= 11 is 0. The van der Waals surface area contributed by atoms with Crippen LogP contribution in [-0.2, 0) is 11.2 Å². The van der Waals surface area contributed by atoms with Crippen LogP contribution in [0.25, 0.3) is 5.69 Å². The summed E-state index contributed by atoms with van der Waals surface area (Å²) in [6.45, 7) is 6.51. The number of carbonyl (C=O) groups is 1. The van der Waals surface area contributed by atoms with Gasteiger partial charge in [0.1, 0.15) is 5.82 Å². The summed E-state index contributed by atoms with van der Waals surface area (Å²) in [6.07, 6.45) is 4.92. The zero-order valence-corrected chi connectivity index (χ0v) is 18.7. The van der Waals surface area contributed by atoms with Gasteiger partial charge in [0.25, 0.3) is 0 Å².